The van der Waals surface area contributed by atoms with E-state index in [9.17, 15) is 4.79 Å². The maximum Gasteiger partial charge on any atom is 0.159 e. The standard InChI is InChI=1S/C8H8O.H4Si/c1-7(9)8-5-3-2-4-6-8;/h2-6H,1H3;1H4. The highest BCUT2D eigenvalue weighted by Crippen LogP contribution is 1.97. The van der Waals surface area contributed by atoms with Crippen LogP contribution in [0.25, 0.3) is 0 Å². The van der Waals surface area contributed by atoms with Crippen LogP contribution >= 0.6 is 0 Å². The highest BCUT2D eigenvalue weighted by Gasteiger charge is 1.92. The van der Waals surface area contributed by atoms with Gasteiger partial charge in [-0.25, -0.2) is 0 Å². The zero-order chi connectivity index (χ0) is 6.69. The molecule has 0 atom stereocenters. The van der Waals surface area contributed by atoms with E-state index in [1.54, 1.807) is 6.92 Å². The van der Waals surface area contributed by atoms with Crippen molar-refractivity contribution in [2.24, 2.45) is 0 Å². The predicted molar refractivity (Wildman–Crippen MR) is 47.8 cm³/mol. The maximum absolute atomic E-state index is 10.6. The van der Waals surface area contributed by atoms with E-state index in [1.165, 1.54) is 0 Å². The number of hydrogen-bond donors (Lipinski definition) is 0. The summed E-state index contributed by atoms with van der Waals surface area (Å²) in [5.41, 5.74) is 0.775. The molecule has 0 spiro atoms. The number of ketones is 1. The first-order chi connectivity index (χ1) is 4.30. The first-order valence-corrected chi connectivity index (χ1v) is 2.86. The van der Waals surface area contributed by atoms with Crippen molar-refractivity contribution in [2.75, 3.05) is 0 Å². The molecule has 1 aromatic carbocycles. The third-order valence-electron chi connectivity index (χ3n) is 1.18. The van der Waals surface area contributed by atoms with Gasteiger partial charge in [0, 0.05) is 5.56 Å². The molecule has 1 nitrogen and oxygen atoms in total. The number of rotatable bonds is 1. The molecule has 54 valence electrons. The Kier molecular flexibility index (Phi) is 3.65. The third kappa shape index (κ3) is 2.15. The average molecular weight is 152 g/mol. The van der Waals surface area contributed by atoms with E-state index in [-0.39, 0.29) is 16.7 Å². The molecule has 2 heteroatoms. The first kappa shape index (κ1) is 9.11. The van der Waals surface area contributed by atoms with Gasteiger partial charge in [-0.05, 0) is 17.9 Å². The van der Waals surface area contributed by atoms with Crippen molar-refractivity contribution in [3.63, 3.8) is 0 Å². The van der Waals surface area contributed by atoms with Crippen molar-refractivity contribution in [1.82, 2.24) is 0 Å². The van der Waals surface area contributed by atoms with E-state index in [2.05, 4.69) is 0 Å². The van der Waals surface area contributed by atoms with Crippen LogP contribution in [0.2, 0.25) is 0 Å². The van der Waals surface area contributed by atoms with E-state index in [1.807, 2.05) is 30.3 Å². The molecule has 0 aliphatic heterocycles. The van der Waals surface area contributed by atoms with Crippen molar-refractivity contribution < 1.29 is 4.79 Å². The normalized spacial score (nSPS) is 8.10. The van der Waals surface area contributed by atoms with Crippen molar-refractivity contribution >= 4 is 16.7 Å². The van der Waals surface area contributed by atoms with Gasteiger partial charge >= 0.3 is 0 Å². The van der Waals surface area contributed by atoms with Crippen molar-refractivity contribution in [3.05, 3.63) is 35.9 Å². The molecule has 1 aromatic rings. The zero-order valence-electron chi connectivity index (χ0n) is 5.29. The Morgan fingerprint density at radius 1 is 1.20 bits per heavy atom. The Labute approximate surface area is 65.1 Å². The van der Waals surface area contributed by atoms with Crippen molar-refractivity contribution in [2.45, 2.75) is 6.92 Å². The van der Waals surface area contributed by atoms with Gasteiger partial charge in [0.25, 0.3) is 0 Å². The molecule has 0 saturated carbocycles. The van der Waals surface area contributed by atoms with Crippen LogP contribution in [0.15, 0.2) is 30.3 Å². The van der Waals surface area contributed by atoms with Crippen molar-refractivity contribution in [3.8, 4) is 0 Å². The van der Waals surface area contributed by atoms with Crippen LogP contribution in [0.4, 0.5) is 0 Å². The molecule has 0 aromatic heterocycles. The fraction of sp³-hybridized carbons (Fsp3) is 0.125. The second kappa shape index (κ2) is 4.01. The largest absolute Gasteiger partial charge is 0.295 e. The molecule has 0 fully saturated rings. The highest BCUT2D eigenvalue weighted by atomic mass is 28.1. The lowest BCUT2D eigenvalue weighted by Crippen LogP contribution is -1.88. The topological polar surface area (TPSA) is 17.1 Å². The minimum absolute atomic E-state index is 0. The fourth-order valence-corrected chi connectivity index (χ4v) is 0.673. The summed E-state index contributed by atoms with van der Waals surface area (Å²) in [5, 5.41) is 0. The average Bonchev–Trinajstić information content (AvgIpc) is 1.90. The number of Topliss-reactive ketones (excluding diaryl/α,β-unsaturated/α-hetero) is 1. The molecule has 0 N–H and O–H groups in total. The maximum atomic E-state index is 10.6. The summed E-state index contributed by atoms with van der Waals surface area (Å²) >= 11 is 0. The third-order valence-corrected chi connectivity index (χ3v) is 1.18. The summed E-state index contributed by atoms with van der Waals surface area (Å²) in [6, 6.07) is 9.23. The van der Waals surface area contributed by atoms with Crippen LogP contribution in [0.3, 0.4) is 0 Å². The summed E-state index contributed by atoms with van der Waals surface area (Å²) in [5.74, 6) is 0.121. The highest BCUT2D eigenvalue weighted by molar-refractivity contribution is 5.93. The van der Waals surface area contributed by atoms with Gasteiger partial charge in [0.05, 0.1) is 0 Å². The summed E-state index contributed by atoms with van der Waals surface area (Å²) < 4.78 is 0. The summed E-state index contributed by atoms with van der Waals surface area (Å²) in [7, 11) is 0. The molecule has 0 unspecified atom stereocenters. The lowest BCUT2D eigenvalue weighted by atomic mass is 10.2. The van der Waals surface area contributed by atoms with E-state index >= 15 is 0 Å². The van der Waals surface area contributed by atoms with Gasteiger partial charge in [0.15, 0.2) is 5.78 Å². The molecule has 0 radical (unpaired) electrons. The van der Waals surface area contributed by atoms with Gasteiger partial charge in [0.2, 0.25) is 0 Å². The van der Waals surface area contributed by atoms with Crippen LogP contribution in [0.5, 0.6) is 0 Å². The zero-order valence-corrected chi connectivity index (χ0v) is 5.29. The monoisotopic (exact) mass is 152 g/mol. The second-order valence-corrected chi connectivity index (χ2v) is 1.92. The van der Waals surface area contributed by atoms with Gasteiger partial charge in [-0.2, -0.15) is 0 Å². The molecule has 1 rings (SSSR count). The van der Waals surface area contributed by atoms with Gasteiger partial charge in [0.1, 0.15) is 0 Å². The molecule has 0 bridgehead atoms. The van der Waals surface area contributed by atoms with Crippen LogP contribution in [-0.2, 0) is 0 Å². The second-order valence-electron chi connectivity index (χ2n) is 1.92. The smallest absolute Gasteiger partial charge is 0.159 e. The minimum atomic E-state index is 0. The Bertz CT molecular complexity index is 206. The summed E-state index contributed by atoms with van der Waals surface area (Å²) in [6.07, 6.45) is 0. The summed E-state index contributed by atoms with van der Waals surface area (Å²) in [6.45, 7) is 1.56. The molecule has 0 heterocycles. The quantitative estimate of drug-likeness (QED) is 0.421. The van der Waals surface area contributed by atoms with Crippen LogP contribution in [0, 0.1) is 0 Å². The van der Waals surface area contributed by atoms with E-state index in [0.29, 0.717) is 0 Å². The Morgan fingerprint density at radius 2 is 1.70 bits per heavy atom. The summed E-state index contributed by atoms with van der Waals surface area (Å²) in [4.78, 5) is 10.6. The molecule has 0 aliphatic carbocycles. The van der Waals surface area contributed by atoms with Gasteiger partial charge in [-0.15, -0.1) is 0 Å². The Morgan fingerprint density at radius 3 is 2.00 bits per heavy atom. The lowest BCUT2D eigenvalue weighted by molar-refractivity contribution is 0.101. The van der Waals surface area contributed by atoms with Crippen LogP contribution < -0.4 is 0 Å². The van der Waals surface area contributed by atoms with Gasteiger partial charge < -0.3 is 0 Å². The minimum Gasteiger partial charge on any atom is -0.295 e. The Balaban J connectivity index is 0.000000810. The molecule has 10 heavy (non-hydrogen) atoms. The van der Waals surface area contributed by atoms with Crippen LogP contribution in [-0.4, -0.2) is 16.7 Å². The van der Waals surface area contributed by atoms with E-state index < -0.39 is 0 Å². The van der Waals surface area contributed by atoms with Gasteiger partial charge in [-0.1, -0.05) is 30.3 Å². The number of benzene rings is 1. The molecule has 0 saturated heterocycles. The molecule has 0 amide bonds. The predicted octanol–water partition coefficient (Wildman–Crippen LogP) is 0.438. The SMILES string of the molecule is CC(=O)c1ccccc1.[SiH4]. The lowest BCUT2D eigenvalue weighted by Gasteiger charge is -1.89. The Hall–Kier alpha value is -0.893. The van der Waals surface area contributed by atoms with E-state index in [4.69, 9.17) is 0 Å². The fourth-order valence-electron chi connectivity index (χ4n) is 0.673. The molecular formula is C8H12OSi. The van der Waals surface area contributed by atoms with Crippen LogP contribution in [0.1, 0.15) is 17.3 Å². The molecule has 0 aliphatic rings. The number of carbonyl (C=O) groups is 1. The molecular weight excluding hydrogens is 140 g/mol. The first-order valence-electron chi connectivity index (χ1n) is 2.86. The van der Waals surface area contributed by atoms with Crippen molar-refractivity contribution in [1.29, 1.82) is 0 Å². The number of hydrogen-bond acceptors (Lipinski definition) is 1. The van der Waals surface area contributed by atoms with E-state index in [0.717, 1.165) is 5.56 Å². The van der Waals surface area contributed by atoms with Gasteiger partial charge in [-0.3, -0.25) is 4.79 Å². The number of carbonyl (C=O) groups excluding carboxylic acids is 1.